The number of nitrogens with zero attached hydrogens (tertiary/aromatic N) is 1. The number of rotatable bonds is 2. The molecule has 1 rings (SSSR count). The third-order valence-electron chi connectivity index (χ3n) is 1.69. The zero-order valence-electron chi connectivity index (χ0n) is 7.83. The van der Waals surface area contributed by atoms with Gasteiger partial charge in [0.05, 0.1) is 0 Å². The van der Waals surface area contributed by atoms with Crippen molar-refractivity contribution in [1.82, 2.24) is 5.06 Å². The average Bonchev–Trinajstić information content (AvgIpc) is 1.81. The molecule has 0 aromatic heterocycles. The third-order valence-corrected chi connectivity index (χ3v) is 1.69. The molecule has 0 radical (unpaired) electrons. The van der Waals surface area contributed by atoms with Crippen LogP contribution < -0.4 is 0 Å². The fourth-order valence-corrected chi connectivity index (χ4v) is 1.42. The molecule has 0 spiro atoms. The average molecular weight is 165 g/mol. The van der Waals surface area contributed by atoms with Gasteiger partial charge in [0, 0.05) is 13.6 Å². The molecule has 1 aromatic carbocycles. The Kier molecular flexibility index (Phi) is 2.84. The van der Waals surface area contributed by atoms with Gasteiger partial charge >= 0.3 is 0 Å². The number of hydrogen-bond donors (Lipinski definition) is 1. The molecule has 1 aromatic rings. The van der Waals surface area contributed by atoms with Gasteiger partial charge in [0.2, 0.25) is 0 Å². The van der Waals surface area contributed by atoms with E-state index in [4.69, 9.17) is 5.21 Å². The van der Waals surface area contributed by atoms with Gasteiger partial charge in [-0.1, -0.05) is 29.3 Å². The molecule has 0 amide bonds. The van der Waals surface area contributed by atoms with E-state index in [2.05, 4.69) is 32.0 Å². The van der Waals surface area contributed by atoms with Gasteiger partial charge < -0.3 is 5.21 Å². The van der Waals surface area contributed by atoms with Gasteiger partial charge in [0.15, 0.2) is 0 Å². The molecule has 0 aliphatic rings. The van der Waals surface area contributed by atoms with Gasteiger partial charge in [-0.3, -0.25) is 0 Å². The lowest BCUT2D eigenvalue weighted by molar-refractivity contribution is -0.0731. The molecule has 1 N–H and O–H groups in total. The molecule has 0 aliphatic heterocycles. The molecule has 0 saturated carbocycles. The Hall–Kier alpha value is -0.860. The van der Waals surface area contributed by atoms with Crippen molar-refractivity contribution in [2.45, 2.75) is 20.4 Å². The van der Waals surface area contributed by atoms with E-state index in [1.165, 1.54) is 16.2 Å². The Morgan fingerprint density at radius 1 is 1.17 bits per heavy atom. The molecule has 0 atom stereocenters. The van der Waals surface area contributed by atoms with Crippen LogP contribution in [0.2, 0.25) is 0 Å². The maximum Gasteiger partial charge on any atom is 0.0485 e. The zero-order chi connectivity index (χ0) is 9.14. The second-order valence-electron chi connectivity index (χ2n) is 3.31. The molecule has 0 heterocycles. The van der Waals surface area contributed by atoms with Crippen LogP contribution in [0.5, 0.6) is 0 Å². The first-order chi connectivity index (χ1) is 5.58. The van der Waals surface area contributed by atoms with Crippen LogP contribution in [0.1, 0.15) is 16.7 Å². The van der Waals surface area contributed by atoms with Crippen molar-refractivity contribution in [1.29, 1.82) is 0 Å². The SMILES string of the molecule is Cc1cc(C)cc(CN(C)O)c1. The van der Waals surface area contributed by atoms with E-state index in [0.29, 0.717) is 6.54 Å². The standard InChI is InChI=1S/C10H15NO/c1-8-4-9(2)6-10(5-8)7-11(3)12/h4-6,12H,7H2,1-3H3. The molecule has 0 bridgehead atoms. The second-order valence-corrected chi connectivity index (χ2v) is 3.31. The summed E-state index contributed by atoms with van der Waals surface area (Å²) in [6.07, 6.45) is 0. The molecule has 12 heavy (non-hydrogen) atoms. The predicted molar refractivity (Wildman–Crippen MR) is 49.2 cm³/mol. The first kappa shape index (κ1) is 9.23. The Morgan fingerprint density at radius 3 is 2.08 bits per heavy atom. The number of benzene rings is 1. The summed E-state index contributed by atoms with van der Waals surface area (Å²) in [7, 11) is 1.65. The Balaban J connectivity index is 2.85. The minimum Gasteiger partial charge on any atom is -0.314 e. The lowest BCUT2D eigenvalue weighted by Gasteiger charge is -2.09. The van der Waals surface area contributed by atoms with E-state index in [0.717, 1.165) is 5.56 Å². The highest BCUT2D eigenvalue weighted by Crippen LogP contribution is 2.09. The van der Waals surface area contributed by atoms with Crippen molar-refractivity contribution >= 4 is 0 Å². The summed E-state index contributed by atoms with van der Waals surface area (Å²) in [6.45, 7) is 4.71. The minimum atomic E-state index is 0.586. The van der Waals surface area contributed by atoms with Gasteiger partial charge in [-0.2, -0.15) is 5.06 Å². The van der Waals surface area contributed by atoms with Crippen LogP contribution in [0.25, 0.3) is 0 Å². The first-order valence-corrected chi connectivity index (χ1v) is 4.05. The summed E-state index contributed by atoms with van der Waals surface area (Å²) in [6, 6.07) is 6.29. The zero-order valence-corrected chi connectivity index (χ0v) is 7.83. The predicted octanol–water partition coefficient (Wildman–Crippen LogP) is 2.12. The lowest BCUT2D eigenvalue weighted by atomic mass is 10.1. The van der Waals surface area contributed by atoms with Crippen molar-refractivity contribution in [2.24, 2.45) is 0 Å². The molecule has 0 aliphatic carbocycles. The number of aryl methyl sites for hydroxylation is 2. The van der Waals surface area contributed by atoms with Crippen LogP contribution in [-0.2, 0) is 6.54 Å². The van der Waals surface area contributed by atoms with Crippen LogP contribution in [0.15, 0.2) is 18.2 Å². The number of hydrogen-bond acceptors (Lipinski definition) is 2. The quantitative estimate of drug-likeness (QED) is 0.678. The number of hydroxylamine groups is 2. The second kappa shape index (κ2) is 3.70. The summed E-state index contributed by atoms with van der Waals surface area (Å²) >= 11 is 0. The normalized spacial score (nSPS) is 10.8. The third kappa shape index (κ3) is 2.64. The Labute approximate surface area is 73.4 Å². The highest BCUT2D eigenvalue weighted by atomic mass is 16.5. The molecule has 66 valence electrons. The van der Waals surface area contributed by atoms with Crippen molar-refractivity contribution in [3.8, 4) is 0 Å². The maximum absolute atomic E-state index is 9.02. The van der Waals surface area contributed by atoms with Crippen molar-refractivity contribution < 1.29 is 5.21 Å². The van der Waals surface area contributed by atoms with Gasteiger partial charge in [0.25, 0.3) is 0 Å². The van der Waals surface area contributed by atoms with Gasteiger partial charge in [-0.05, 0) is 19.4 Å². The van der Waals surface area contributed by atoms with Crippen LogP contribution in [-0.4, -0.2) is 17.3 Å². The van der Waals surface area contributed by atoms with Crippen molar-refractivity contribution in [3.63, 3.8) is 0 Å². The molecule has 0 fully saturated rings. The van der Waals surface area contributed by atoms with Crippen LogP contribution in [0.3, 0.4) is 0 Å². The highest BCUT2D eigenvalue weighted by molar-refractivity contribution is 5.28. The maximum atomic E-state index is 9.02. The summed E-state index contributed by atoms with van der Waals surface area (Å²) in [5, 5.41) is 10.2. The molecule has 0 saturated heterocycles. The monoisotopic (exact) mass is 165 g/mol. The highest BCUT2D eigenvalue weighted by Gasteiger charge is 1.97. The summed E-state index contributed by atoms with van der Waals surface area (Å²) < 4.78 is 0. The fourth-order valence-electron chi connectivity index (χ4n) is 1.42. The van der Waals surface area contributed by atoms with E-state index in [1.807, 2.05) is 0 Å². The van der Waals surface area contributed by atoms with E-state index >= 15 is 0 Å². The Bertz CT molecular complexity index is 248. The summed E-state index contributed by atoms with van der Waals surface area (Å²) in [5.74, 6) is 0. The molecule has 2 heteroatoms. The lowest BCUT2D eigenvalue weighted by Crippen LogP contribution is -2.11. The van der Waals surface area contributed by atoms with E-state index in [1.54, 1.807) is 7.05 Å². The van der Waals surface area contributed by atoms with Gasteiger partial charge in [-0.25, -0.2) is 0 Å². The smallest absolute Gasteiger partial charge is 0.0485 e. The van der Waals surface area contributed by atoms with E-state index < -0.39 is 0 Å². The van der Waals surface area contributed by atoms with Gasteiger partial charge in [0.1, 0.15) is 0 Å². The minimum absolute atomic E-state index is 0.586. The summed E-state index contributed by atoms with van der Waals surface area (Å²) in [5.41, 5.74) is 3.64. The van der Waals surface area contributed by atoms with Crippen LogP contribution in [0, 0.1) is 13.8 Å². The van der Waals surface area contributed by atoms with E-state index in [9.17, 15) is 0 Å². The van der Waals surface area contributed by atoms with Crippen LogP contribution >= 0.6 is 0 Å². The molecule has 2 nitrogen and oxygen atoms in total. The van der Waals surface area contributed by atoms with Crippen molar-refractivity contribution in [2.75, 3.05) is 7.05 Å². The van der Waals surface area contributed by atoms with Crippen molar-refractivity contribution in [3.05, 3.63) is 34.9 Å². The summed E-state index contributed by atoms with van der Waals surface area (Å²) in [4.78, 5) is 0. The first-order valence-electron chi connectivity index (χ1n) is 4.05. The Morgan fingerprint density at radius 2 is 1.67 bits per heavy atom. The molecule has 0 unspecified atom stereocenters. The van der Waals surface area contributed by atoms with Crippen LogP contribution in [0.4, 0.5) is 0 Å². The fraction of sp³-hybridized carbons (Fsp3) is 0.400. The molecular formula is C10H15NO. The van der Waals surface area contributed by atoms with Gasteiger partial charge in [-0.15, -0.1) is 0 Å². The molecular weight excluding hydrogens is 150 g/mol. The van der Waals surface area contributed by atoms with E-state index in [-0.39, 0.29) is 0 Å². The largest absolute Gasteiger partial charge is 0.314 e. The topological polar surface area (TPSA) is 23.5 Å².